The fourth-order valence-electron chi connectivity index (χ4n) is 2.05. The van der Waals surface area contributed by atoms with Crippen LogP contribution in [-0.4, -0.2) is 0 Å². The van der Waals surface area contributed by atoms with E-state index in [4.69, 9.17) is 27.6 Å². The van der Waals surface area contributed by atoms with Crippen LogP contribution in [0.5, 0.6) is 0 Å². The maximum absolute atomic E-state index is 6.21. The van der Waals surface area contributed by atoms with Gasteiger partial charge in [0.1, 0.15) is 11.5 Å². The molecule has 0 aliphatic heterocycles. The van der Waals surface area contributed by atoms with Gasteiger partial charge in [0.05, 0.1) is 21.8 Å². The lowest BCUT2D eigenvalue weighted by Crippen LogP contribution is -2.07. The van der Waals surface area contributed by atoms with E-state index in [1.54, 1.807) is 0 Å². The molecule has 1 aromatic heterocycles. The molecular weight excluding hydrogens is 349 g/mol. The summed E-state index contributed by atoms with van der Waals surface area (Å²) in [6, 6.07) is 5.72. The van der Waals surface area contributed by atoms with Gasteiger partial charge in [0.25, 0.3) is 0 Å². The Morgan fingerprint density at radius 3 is 2.21 bits per heavy atom. The van der Waals surface area contributed by atoms with E-state index in [0.717, 1.165) is 27.2 Å². The second-order valence-electron chi connectivity index (χ2n) is 4.48. The number of anilines is 1. The molecular formula is C14H14BrCl2NO. The van der Waals surface area contributed by atoms with Crippen LogP contribution in [0.2, 0.25) is 10.0 Å². The molecule has 0 aliphatic carbocycles. The SMILES string of the molecule is Cc1cc(C(C)Nc2c(Cl)cc(Br)cc2Cl)c(C)o1. The minimum atomic E-state index is 0.0635. The molecule has 1 unspecified atom stereocenters. The van der Waals surface area contributed by atoms with Gasteiger partial charge in [0.2, 0.25) is 0 Å². The van der Waals surface area contributed by atoms with E-state index in [1.165, 1.54) is 0 Å². The summed E-state index contributed by atoms with van der Waals surface area (Å²) in [5.41, 5.74) is 1.84. The van der Waals surface area contributed by atoms with E-state index in [9.17, 15) is 0 Å². The quantitative estimate of drug-likeness (QED) is 0.709. The predicted molar refractivity (Wildman–Crippen MR) is 84.4 cm³/mol. The van der Waals surface area contributed by atoms with Crippen molar-refractivity contribution in [3.8, 4) is 0 Å². The number of halogens is 3. The largest absolute Gasteiger partial charge is 0.466 e. The van der Waals surface area contributed by atoms with E-state index < -0.39 is 0 Å². The first-order chi connectivity index (χ1) is 8.88. The van der Waals surface area contributed by atoms with Gasteiger partial charge in [-0.25, -0.2) is 0 Å². The average molecular weight is 363 g/mol. The average Bonchev–Trinajstić information content (AvgIpc) is 2.62. The molecule has 1 atom stereocenters. The smallest absolute Gasteiger partial charge is 0.106 e. The highest BCUT2D eigenvalue weighted by Gasteiger charge is 2.15. The van der Waals surface area contributed by atoms with Gasteiger partial charge in [0.15, 0.2) is 0 Å². The normalized spacial score (nSPS) is 12.5. The maximum atomic E-state index is 6.21. The molecule has 0 saturated carbocycles. The molecule has 1 aromatic carbocycles. The molecule has 0 bridgehead atoms. The number of rotatable bonds is 3. The lowest BCUT2D eigenvalue weighted by atomic mass is 10.1. The van der Waals surface area contributed by atoms with Gasteiger partial charge < -0.3 is 9.73 Å². The molecule has 2 aromatic rings. The van der Waals surface area contributed by atoms with Crippen LogP contribution in [0.15, 0.2) is 27.1 Å². The topological polar surface area (TPSA) is 25.2 Å². The first-order valence-electron chi connectivity index (χ1n) is 5.86. The van der Waals surface area contributed by atoms with Crippen molar-refractivity contribution in [1.29, 1.82) is 0 Å². The molecule has 102 valence electrons. The molecule has 0 spiro atoms. The zero-order valence-corrected chi connectivity index (χ0v) is 13.9. The third-order valence-electron chi connectivity index (χ3n) is 2.91. The number of benzene rings is 1. The highest BCUT2D eigenvalue weighted by Crippen LogP contribution is 2.36. The summed E-state index contributed by atoms with van der Waals surface area (Å²) in [6.07, 6.45) is 0. The van der Waals surface area contributed by atoms with Crippen molar-refractivity contribution < 1.29 is 4.42 Å². The summed E-state index contributed by atoms with van der Waals surface area (Å²) >= 11 is 15.8. The van der Waals surface area contributed by atoms with Crippen molar-refractivity contribution in [1.82, 2.24) is 0 Å². The van der Waals surface area contributed by atoms with Gasteiger partial charge >= 0.3 is 0 Å². The minimum absolute atomic E-state index is 0.0635. The van der Waals surface area contributed by atoms with Crippen LogP contribution in [0.25, 0.3) is 0 Å². The number of hydrogen-bond donors (Lipinski definition) is 1. The van der Waals surface area contributed by atoms with Gasteiger partial charge in [-0.2, -0.15) is 0 Å². The summed E-state index contributed by atoms with van der Waals surface area (Å²) in [4.78, 5) is 0. The molecule has 1 heterocycles. The van der Waals surface area contributed by atoms with Crippen molar-refractivity contribution in [3.05, 3.63) is 49.8 Å². The number of hydrogen-bond acceptors (Lipinski definition) is 2. The Balaban J connectivity index is 2.29. The van der Waals surface area contributed by atoms with Crippen LogP contribution in [0.1, 0.15) is 30.0 Å². The van der Waals surface area contributed by atoms with E-state index in [2.05, 4.69) is 21.2 Å². The van der Waals surface area contributed by atoms with Gasteiger partial charge in [0, 0.05) is 10.0 Å². The molecule has 0 aliphatic rings. The van der Waals surface area contributed by atoms with E-state index in [-0.39, 0.29) is 6.04 Å². The van der Waals surface area contributed by atoms with Crippen LogP contribution < -0.4 is 5.32 Å². The molecule has 1 N–H and O–H groups in total. The van der Waals surface area contributed by atoms with E-state index >= 15 is 0 Å². The maximum Gasteiger partial charge on any atom is 0.106 e. The zero-order chi connectivity index (χ0) is 14.2. The van der Waals surface area contributed by atoms with Gasteiger partial charge in [-0.15, -0.1) is 0 Å². The van der Waals surface area contributed by atoms with Crippen LogP contribution in [0, 0.1) is 13.8 Å². The number of furan rings is 1. The molecule has 0 fully saturated rings. The standard InChI is InChI=1S/C14H14BrCl2NO/c1-7-4-11(9(3)19-7)8(2)18-14-12(16)5-10(15)6-13(14)17/h4-6,8,18H,1-3H3. The Morgan fingerprint density at radius 2 is 1.74 bits per heavy atom. The Kier molecular flexibility index (Phi) is 4.49. The Labute approximate surface area is 131 Å². The third kappa shape index (κ3) is 3.28. The van der Waals surface area contributed by atoms with Gasteiger partial charge in [-0.05, 0) is 39.0 Å². The molecule has 19 heavy (non-hydrogen) atoms. The first-order valence-corrected chi connectivity index (χ1v) is 7.41. The van der Waals surface area contributed by atoms with Crippen molar-refractivity contribution in [2.24, 2.45) is 0 Å². The first kappa shape index (κ1) is 14.8. The van der Waals surface area contributed by atoms with Crippen LogP contribution in [-0.2, 0) is 0 Å². The van der Waals surface area contributed by atoms with Gasteiger partial charge in [-0.3, -0.25) is 0 Å². The monoisotopic (exact) mass is 361 g/mol. The number of aryl methyl sites for hydroxylation is 2. The summed E-state index contributed by atoms with van der Waals surface area (Å²) < 4.78 is 6.40. The summed E-state index contributed by atoms with van der Waals surface area (Å²) in [6.45, 7) is 5.93. The molecule has 0 amide bonds. The lowest BCUT2D eigenvalue weighted by Gasteiger charge is -2.17. The van der Waals surface area contributed by atoms with Crippen molar-refractivity contribution >= 4 is 44.8 Å². The van der Waals surface area contributed by atoms with Crippen molar-refractivity contribution in [3.63, 3.8) is 0 Å². The zero-order valence-electron chi connectivity index (χ0n) is 10.9. The molecule has 5 heteroatoms. The predicted octanol–water partition coefficient (Wildman–Crippen LogP) is 6.14. The third-order valence-corrected chi connectivity index (χ3v) is 3.97. The van der Waals surface area contributed by atoms with E-state index in [0.29, 0.717) is 10.0 Å². The second-order valence-corrected chi connectivity index (χ2v) is 6.21. The Hall–Kier alpha value is -0.640. The Morgan fingerprint density at radius 1 is 1.16 bits per heavy atom. The fraction of sp³-hybridized carbons (Fsp3) is 0.286. The van der Waals surface area contributed by atoms with Crippen molar-refractivity contribution in [2.75, 3.05) is 5.32 Å². The minimum Gasteiger partial charge on any atom is -0.466 e. The van der Waals surface area contributed by atoms with Crippen LogP contribution in [0.3, 0.4) is 0 Å². The van der Waals surface area contributed by atoms with Crippen LogP contribution >= 0.6 is 39.1 Å². The second kappa shape index (κ2) is 5.78. The molecule has 0 radical (unpaired) electrons. The molecule has 2 nitrogen and oxygen atoms in total. The van der Waals surface area contributed by atoms with Crippen LogP contribution in [0.4, 0.5) is 5.69 Å². The summed E-state index contributed by atoms with van der Waals surface area (Å²) in [5, 5.41) is 4.51. The number of nitrogens with one attached hydrogen (secondary N) is 1. The van der Waals surface area contributed by atoms with Crippen molar-refractivity contribution in [2.45, 2.75) is 26.8 Å². The van der Waals surface area contributed by atoms with Gasteiger partial charge in [-0.1, -0.05) is 39.1 Å². The highest BCUT2D eigenvalue weighted by molar-refractivity contribution is 9.10. The molecule has 2 rings (SSSR count). The summed E-state index contributed by atoms with van der Waals surface area (Å²) in [5.74, 6) is 1.80. The lowest BCUT2D eigenvalue weighted by molar-refractivity contribution is 0.500. The molecule has 0 saturated heterocycles. The Bertz CT molecular complexity index is 586. The fourth-order valence-corrected chi connectivity index (χ4v) is 3.37. The van der Waals surface area contributed by atoms with E-state index in [1.807, 2.05) is 39.0 Å². The highest BCUT2D eigenvalue weighted by atomic mass is 79.9. The summed E-state index contributed by atoms with van der Waals surface area (Å²) in [7, 11) is 0.